The number of halogens is 1. The van der Waals surface area contributed by atoms with Crippen LogP contribution < -0.4 is 5.01 Å². The molecule has 166 valence electrons. The van der Waals surface area contributed by atoms with Crippen molar-refractivity contribution in [3.63, 3.8) is 0 Å². The molecule has 33 heavy (non-hydrogen) atoms. The molecule has 2 aromatic carbocycles. The van der Waals surface area contributed by atoms with Gasteiger partial charge in [0, 0.05) is 5.56 Å². The lowest BCUT2D eigenvalue weighted by molar-refractivity contribution is -0.114. The number of nitrogens with zero attached hydrogens (tertiary/aromatic N) is 2. The van der Waals surface area contributed by atoms with E-state index in [1.165, 1.54) is 25.3 Å². The molecule has 0 fully saturated rings. The molecule has 2 heterocycles. The second-order valence-corrected chi connectivity index (χ2v) is 7.51. The Bertz CT molecular complexity index is 1350. The van der Waals surface area contributed by atoms with Crippen LogP contribution in [0.15, 0.2) is 69.7 Å². The van der Waals surface area contributed by atoms with E-state index < -0.39 is 17.8 Å². The highest BCUT2D eigenvalue weighted by Gasteiger charge is 2.30. The number of amides is 1. The van der Waals surface area contributed by atoms with Crippen LogP contribution in [0.3, 0.4) is 0 Å². The van der Waals surface area contributed by atoms with Crippen LogP contribution in [-0.4, -0.2) is 35.8 Å². The Labute approximate surface area is 193 Å². The summed E-state index contributed by atoms with van der Waals surface area (Å²) in [6, 6.07) is 14.4. The minimum atomic E-state index is -1.20. The van der Waals surface area contributed by atoms with Crippen LogP contribution in [0.2, 0.25) is 5.02 Å². The molecular weight excluding hydrogens is 448 g/mol. The molecule has 0 radical (unpaired) electrons. The van der Waals surface area contributed by atoms with Crippen LogP contribution >= 0.6 is 11.6 Å². The average molecular weight is 465 g/mol. The number of carbonyl (C=O) groups excluding carboxylic acids is 2. The Morgan fingerprint density at radius 3 is 2.67 bits per heavy atom. The lowest BCUT2D eigenvalue weighted by Gasteiger charge is -2.12. The lowest BCUT2D eigenvalue weighted by Crippen LogP contribution is -2.21. The molecule has 3 aromatic rings. The monoisotopic (exact) mass is 464 g/mol. The molecule has 0 saturated heterocycles. The summed E-state index contributed by atoms with van der Waals surface area (Å²) in [5, 5.41) is 14.7. The van der Waals surface area contributed by atoms with Crippen molar-refractivity contribution in [2.75, 3.05) is 12.1 Å². The van der Waals surface area contributed by atoms with Gasteiger partial charge in [0.2, 0.25) is 0 Å². The molecule has 0 bridgehead atoms. The number of carboxylic acid groups (broad SMARTS) is 1. The highest BCUT2D eigenvalue weighted by molar-refractivity contribution is 6.34. The minimum absolute atomic E-state index is 0.0637. The van der Waals surface area contributed by atoms with Crippen LogP contribution in [0.25, 0.3) is 17.4 Å². The van der Waals surface area contributed by atoms with Gasteiger partial charge in [0.05, 0.1) is 40.2 Å². The molecule has 0 unspecified atom stereocenters. The molecule has 1 N–H and O–H groups in total. The van der Waals surface area contributed by atoms with E-state index in [0.717, 1.165) is 5.01 Å². The number of aromatic carboxylic acids is 1. The third-order valence-corrected chi connectivity index (χ3v) is 5.30. The Balaban J connectivity index is 1.62. The number of anilines is 1. The van der Waals surface area contributed by atoms with Crippen molar-refractivity contribution in [2.24, 2.45) is 5.10 Å². The summed E-state index contributed by atoms with van der Waals surface area (Å²) in [7, 11) is 1.31. The van der Waals surface area contributed by atoms with Crippen molar-refractivity contribution >= 4 is 46.9 Å². The maximum Gasteiger partial charge on any atom is 0.337 e. The summed E-state index contributed by atoms with van der Waals surface area (Å²) in [5.74, 6) is -1.17. The standard InChI is InChI=1S/C24H17ClN2O6/c1-13-18(22(28)27(26-13)16-6-8-20(25)19(11-16)23(29)30)12-17-7-9-21(33-17)14-4-3-5-15(10-14)24(31)32-2/h3-12H,1-2H3,(H,29,30)/b18-12-. The van der Waals surface area contributed by atoms with Gasteiger partial charge in [-0.2, -0.15) is 10.1 Å². The molecule has 4 rings (SSSR count). The van der Waals surface area contributed by atoms with Gasteiger partial charge in [-0.05, 0) is 55.5 Å². The van der Waals surface area contributed by atoms with Crippen LogP contribution in [0.5, 0.6) is 0 Å². The van der Waals surface area contributed by atoms with Crippen LogP contribution in [-0.2, 0) is 9.53 Å². The van der Waals surface area contributed by atoms with Crippen molar-refractivity contribution in [3.05, 3.63) is 82.1 Å². The molecule has 1 aromatic heterocycles. The zero-order valence-corrected chi connectivity index (χ0v) is 18.3. The maximum absolute atomic E-state index is 13.0. The average Bonchev–Trinajstić information content (AvgIpc) is 3.39. The number of esters is 1. The van der Waals surface area contributed by atoms with Gasteiger partial charge in [0.25, 0.3) is 5.91 Å². The van der Waals surface area contributed by atoms with Crippen molar-refractivity contribution in [1.82, 2.24) is 0 Å². The van der Waals surface area contributed by atoms with Crippen molar-refractivity contribution in [1.29, 1.82) is 0 Å². The smallest absolute Gasteiger partial charge is 0.337 e. The molecule has 9 heteroatoms. The second-order valence-electron chi connectivity index (χ2n) is 7.10. The van der Waals surface area contributed by atoms with E-state index in [4.69, 9.17) is 20.8 Å². The van der Waals surface area contributed by atoms with E-state index in [-0.39, 0.29) is 16.3 Å². The zero-order valence-electron chi connectivity index (χ0n) is 17.5. The number of furan rings is 1. The van der Waals surface area contributed by atoms with Gasteiger partial charge in [-0.25, -0.2) is 9.59 Å². The Hall–Kier alpha value is -4.17. The van der Waals surface area contributed by atoms with E-state index >= 15 is 0 Å². The van der Waals surface area contributed by atoms with Gasteiger partial charge in [0.15, 0.2) is 0 Å². The first-order valence-electron chi connectivity index (χ1n) is 9.71. The molecular formula is C24H17ClN2O6. The zero-order chi connectivity index (χ0) is 23.7. The first-order chi connectivity index (χ1) is 15.8. The fraction of sp³-hybridized carbons (Fsp3) is 0.0833. The fourth-order valence-electron chi connectivity index (χ4n) is 3.31. The Morgan fingerprint density at radius 2 is 1.94 bits per heavy atom. The van der Waals surface area contributed by atoms with Gasteiger partial charge in [-0.3, -0.25) is 4.79 Å². The SMILES string of the molecule is COC(=O)c1cccc(-c2ccc(/C=C3\C(=O)N(c4ccc(Cl)c(C(=O)O)c4)N=C3C)o2)c1. The summed E-state index contributed by atoms with van der Waals surface area (Å²) < 4.78 is 10.6. The predicted octanol–water partition coefficient (Wildman–Crippen LogP) is 4.89. The van der Waals surface area contributed by atoms with E-state index in [9.17, 15) is 19.5 Å². The van der Waals surface area contributed by atoms with Crippen LogP contribution in [0.1, 0.15) is 33.4 Å². The lowest BCUT2D eigenvalue weighted by atomic mass is 10.1. The van der Waals surface area contributed by atoms with E-state index in [1.54, 1.807) is 49.4 Å². The molecule has 8 nitrogen and oxygen atoms in total. The largest absolute Gasteiger partial charge is 0.478 e. The van der Waals surface area contributed by atoms with E-state index in [0.29, 0.717) is 33.9 Å². The van der Waals surface area contributed by atoms with Crippen LogP contribution in [0, 0.1) is 0 Å². The second kappa shape index (κ2) is 8.76. The minimum Gasteiger partial charge on any atom is -0.478 e. The number of hydrazone groups is 1. The molecule has 1 aliphatic heterocycles. The van der Waals surface area contributed by atoms with Gasteiger partial charge in [-0.1, -0.05) is 23.7 Å². The van der Waals surface area contributed by atoms with Crippen molar-refractivity contribution in [2.45, 2.75) is 6.92 Å². The topological polar surface area (TPSA) is 109 Å². The molecule has 1 aliphatic rings. The van der Waals surface area contributed by atoms with Gasteiger partial charge < -0.3 is 14.3 Å². The van der Waals surface area contributed by atoms with Gasteiger partial charge >= 0.3 is 11.9 Å². The first kappa shape index (κ1) is 22.0. The van der Waals surface area contributed by atoms with Crippen LogP contribution in [0.4, 0.5) is 5.69 Å². The number of ether oxygens (including phenoxy) is 1. The van der Waals surface area contributed by atoms with E-state index in [2.05, 4.69) is 5.10 Å². The predicted molar refractivity (Wildman–Crippen MR) is 122 cm³/mol. The Morgan fingerprint density at radius 1 is 1.15 bits per heavy atom. The van der Waals surface area contributed by atoms with Gasteiger partial charge in [-0.15, -0.1) is 0 Å². The summed E-state index contributed by atoms with van der Waals surface area (Å²) in [6.45, 7) is 1.67. The van der Waals surface area contributed by atoms with Gasteiger partial charge in [0.1, 0.15) is 11.5 Å². The number of carbonyl (C=O) groups is 3. The Kier molecular flexibility index (Phi) is 5.85. The molecule has 0 aliphatic carbocycles. The quantitative estimate of drug-likeness (QED) is 0.425. The summed E-state index contributed by atoms with van der Waals surface area (Å²) in [4.78, 5) is 36.1. The summed E-state index contributed by atoms with van der Waals surface area (Å²) >= 11 is 5.92. The highest BCUT2D eigenvalue weighted by atomic mass is 35.5. The third kappa shape index (κ3) is 4.28. The number of hydrogen-bond donors (Lipinski definition) is 1. The number of methoxy groups -OCH3 is 1. The number of carboxylic acids is 1. The molecule has 1 amide bonds. The first-order valence-corrected chi connectivity index (χ1v) is 10.1. The maximum atomic E-state index is 13.0. The number of hydrogen-bond acceptors (Lipinski definition) is 6. The molecule has 0 atom stereocenters. The summed E-state index contributed by atoms with van der Waals surface area (Å²) in [5.41, 5.74) is 1.96. The van der Waals surface area contributed by atoms with Crippen molar-refractivity contribution in [3.8, 4) is 11.3 Å². The van der Waals surface area contributed by atoms with E-state index in [1.807, 2.05) is 0 Å². The molecule has 0 saturated carbocycles. The third-order valence-electron chi connectivity index (χ3n) is 4.97. The number of benzene rings is 2. The normalized spacial score (nSPS) is 14.5. The number of rotatable bonds is 5. The van der Waals surface area contributed by atoms with Crippen molar-refractivity contribution < 1.29 is 28.6 Å². The highest BCUT2D eigenvalue weighted by Crippen LogP contribution is 2.30. The summed E-state index contributed by atoms with van der Waals surface area (Å²) in [6.07, 6.45) is 1.56. The fourth-order valence-corrected chi connectivity index (χ4v) is 3.51. The molecule has 0 spiro atoms.